The summed E-state index contributed by atoms with van der Waals surface area (Å²) in [5.74, 6) is 0.594. The number of aromatic nitrogens is 2. The Morgan fingerprint density at radius 2 is 2.23 bits per heavy atom. The topological polar surface area (TPSA) is 88.7 Å². The van der Waals surface area contributed by atoms with E-state index in [-0.39, 0.29) is 19.0 Å². The van der Waals surface area contributed by atoms with Gasteiger partial charge in [-0.15, -0.1) is 0 Å². The van der Waals surface area contributed by atoms with Crippen LogP contribution in [0.15, 0.2) is 34.9 Å². The predicted octanol–water partition coefficient (Wildman–Crippen LogP) is 1.61. The van der Waals surface area contributed by atoms with Crippen molar-refractivity contribution in [1.82, 2.24) is 15.0 Å². The van der Waals surface area contributed by atoms with Gasteiger partial charge in [-0.2, -0.15) is 4.98 Å². The zero-order chi connectivity index (χ0) is 15.6. The highest BCUT2D eigenvalue weighted by atomic mass is 16.6. The molecule has 1 aliphatic heterocycles. The average Bonchev–Trinajstić information content (AvgIpc) is 3.13. The molecule has 0 aliphatic carbocycles. The molecule has 1 aromatic heterocycles. The first-order valence-corrected chi connectivity index (χ1v) is 7.06. The summed E-state index contributed by atoms with van der Waals surface area (Å²) < 4.78 is 10.3. The Labute approximate surface area is 127 Å². The molecule has 0 bridgehead atoms. The minimum absolute atomic E-state index is 0.0856. The first-order chi connectivity index (χ1) is 10.6. The van der Waals surface area contributed by atoms with Crippen LogP contribution in [0.25, 0.3) is 0 Å². The number of aliphatic hydroxyl groups is 1. The highest BCUT2D eigenvalue weighted by Crippen LogP contribution is 2.31. The van der Waals surface area contributed by atoms with Gasteiger partial charge in [-0.3, -0.25) is 0 Å². The van der Waals surface area contributed by atoms with Crippen molar-refractivity contribution in [2.75, 3.05) is 13.1 Å². The summed E-state index contributed by atoms with van der Waals surface area (Å²) >= 11 is 0. The van der Waals surface area contributed by atoms with Crippen LogP contribution >= 0.6 is 0 Å². The molecule has 1 aliphatic rings. The number of aryl methyl sites for hydroxylation is 1. The van der Waals surface area contributed by atoms with E-state index in [2.05, 4.69) is 10.1 Å². The Morgan fingerprint density at radius 1 is 1.45 bits per heavy atom. The van der Waals surface area contributed by atoms with Crippen LogP contribution in [0.1, 0.15) is 23.7 Å². The molecule has 1 unspecified atom stereocenters. The van der Waals surface area contributed by atoms with E-state index in [0.29, 0.717) is 18.8 Å². The maximum Gasteiger partial charge on any atom is 0.410 e. The Bertz CT molecular complexity index is 658. The zero-order valence-corrected chi connectivity index (χ0v) is 12.2. The lowest BCUT2D eigenvalue weighted by Gasteiger charge is -2.19. The fourth-order valence-electron chi connectivity index (χ4n) is 2.42. The van der Waals surface area contributed by atoms with Gasteiger partial charge in [0, 0.05) is 13.0 Å². The average molecular weight is 303 g/mol. The Kier molecular flexibility index (Phi) is 3.81. The predicted molar refractivity (Wildman–Crippen MR) is 75.7 cm³/mol. The number of hydrogen-bond acceptors (Lipinski definition) is 6. The van der Waals surface area contributed by atoms with Crippen molar-refractivity contribution < 1.29 is 19.2 Å². The minimum Gasteiger partial charge on any atom is -0.445 e. The van der Waals surface area contributed by atoms with Gasteiger partial charge in [0.15, 0.2) is 11.4 Å². The molecule has 1 fully saturated rings. The number of hydrogen-bond donors (Lipinski definition) is 1. The molecule has 22 heavy (non-hydrogen) atoms. The lowest BCUT2D eigenvalue weighted by molar-refractivity contribution is 0.0119. The monoisotopic (exact) mass is 303 g/mol. The molecule has 2 heterocycles. The fourth-order valence-corrected chi connectivity index (χ4v) is 2.42. The van der Waals surface area contributed by atoms with Crippen molar-refractivity contribution in [1.29, 1.82) is 0 Å². The summed E-state index contributed by atoms with van der Waals surface area (Å²) in [4.78, 5) is 17.6. The molecule has 0 radical (unpaired) electrons. The third kappa shape index (κ3) is 2.94. The second-order valence-electron chi connectivity index (χ2n) is 5.39. The zero-order valence-electron chi connectivity index (χ0n) is 12.2. The van der Waals surface area contributed by atoms with E-state index in [0.717, 1.165) is 5.56 Å². The van der Waals surface area contributed by atoms with E-state index >= 15 is 0 Å². The van der Waals surface area contributed by atoms with Crippen LogP contribution in [0.5, 0.6) is 0 Å². The molecule has 0 spiro atoms. The van der Waals surface area contributed by atoms with Crippen LogP contribution in [0.2, 0.25) is 0 Å². The fraction of sp³-hybridized carbons (Fsp3) is 0.400. The van der Waals surface area contributed by atoms with Gasteiger partial charge < -0.3 is 19.3 Å². The largest absolute Gasteiger partial charge is 0.445 e. The lowest BCUT2D eigenvalue weighted by atomic mass is 10.0. The summed E-state index contributed by atoms with van der Waals surface area (Å²) in [6.45, 7) is 2.35. The Hall–Kier alpha value is -2.41. The molecule has 3 rings (SSSR count). The molecule has 1 atom stereocenters. The number of amides is 1. The summed E-state index contributed by atoms with van der Waals surface area (Å²) in [5.41, 5.74) is -0.384. The second kappa shape index (κ2) is 5.76. The van der Waals surface area contributed by atoms with Crippen molar-refractivity contribution in [2.24, 2.45) is 0 Å². The van der Waals surface area contributed by atoms with Crippen LogP contribution in [0.4, 0.5) is 4.79 Å². The van der Waals surface area contributed by atoms with E-state index in [1.165, 1.54) is 4.90 Å². The van der Waals surface area contributed by atoms with Gasteiger partial charge in [0.1, 0.15) is 6.61 Å². The van der Waals surface area contributed by atoms with Crippen molar-refractivity contribution in [3.8, 4) is 0 Å². The number of carbonyl (C=O) groups is 1. The van der Waals surface area contributed by atoms with Gasteiger partial charge in [-0.1, -0.05) is 35.5 Å². The smallest absolute Gasteiger partial charge is 0.410 e. The maximum atomic E-state index is 12.1. The number of benzene rings is 1. The number of nitrogens with zero attached hydrogens (tertiary/aromatic N) is 3. The van der Waals surface area contributed by atoms with Crippen molar-refractivity contribution >= 4 is 6.09 Å². The first kappa shape index (κ1) is 14.5. The van der Waals surface area contributed by atoms with Crippen LogP contribution in [0, 0.1) is 6.92 Å². The van der Waals surface area contributed by atoms with Crippen molar-refractivity contribution in [3.63, 3.8) is 0 Å². The molecule has 0 saturated carbocycles. The minimum atomic E-state index is -1.30. The highest BCUT2D eigenvalue weighted by molar-refractivity contribution is 5.68. The number of β-amino-alcohol motifs (C(OH)–C–C–N with tert-alkyl or cyclic N) is 1. The van der Waals surface area contributed by atoms with Gasteiger partial charge in [0.2, 0.25) is 0 Å². The molecule has 7 nitrogen and oxygen atoms in total. The van der Waals surface area contributed by atoms with Gasteiger partial charge in [-0.25, -0.2) is 4.79 Å². The van der Waals surface area contributed by atoms with Crippen molar-refractivity contribution in [3.05, 3.63) is 47.6 Å². The number of ether oxygens (including phenoxy) is 1. The molecule has 1 N–H and O–H groups in total. The molecule has 1 amide bonds. The van der Waals surface area contributed by atoms with Crippen LogP contribution in [0.3, 0.4) is 0 Å². The standard InChI is InChI=1S/C15H17N3O4/c1-11-16-13(22-17-11)15(20)7-8-18(10-15)14(19)21-9-12-5-3-2-4-6-12/h2-6,20H,7-10H2,1H3. The van der Waals surface area contributed by atoms with E-state index in [4.69, 9.17) is 9.26 Å². The van der Waals surface area contributed by atoms with Crippen LogP contribution < -0.4 is 0 Å². The van der Waals surface area contributed by atoms with E-state index in [1.54, 1.807) is 6.92 Å². The Morgan fingerprint density at radius 3 is 2.91 bits per heavy atom. The van der Waals surface area contributed by atoms with E-state index in [9.17, 15) is 9.90 Å². The molecule has 116 valence electrons. The summed E-state index contributed by atoms with van der Waals surface area (Å²) in [7, 11) is 0. The van der Waals surface area contributed by atoms with Gasteiger partial charge in [0.25, 0.3) is 5.89 Å². The number of carbonyl (C=O) groups excluding carboxylic acids is 1. The highest BCUT2D eigenvalue weighted by Gasteiger charge is 2.44. The summed E-state index contributed by atoms with van der Waals surface area (Å²) in [5, 5.41) is 14.2. The lowest BCUT2D eigenvalue weighted by Crippen LogP contribution is -2.35. The van der Waals surface area contributed by atoms with E-state index in [1.807, 2.05) is 30.3 Å². The SMILES string of the molecule is Cc1noc(C2(O)CCN(C(=O)OCc3ccccc3)C2)n1. The molecule has 2 aromatic rings. The van der Waals surface area contributed by atoms with Crippen molar-refractivity contribution in [2.45, 2.75) is 25.6 Å². The summed E-state index contributed by atoms with van der Waals surface area (Å²) in [6, 6.07) is 9.44. The normalized spacial score (nSPS) is 21.1. The molecule has 1 saturated heterocycles. The molecular formula is C15H17N3O4. The molecular weight excluding hydrogens is 286 g/mol. The maximum absolute atomic E-state index is 12.1. The van der Waals surface area contributed by atoms with Gasteiger partial charge >= 0.3 is 6.09 Å². The summed E-state index contributed by atoms with van der Waals surface area (Å²) in [6.07, 6.45) is -0.120. The quantitative estimate of drug-likeness (QED) is 0.926. The number of likely N-dealkylation sites (tertiary alicyclic amines) is 1. The van der Waals surface area contributed by atoms with Crippen LogP contribution in [-0.4, -0.2) is 39.3 Å². The third-order valence-electron chi connectivity index (χ3n) is 3.64. The van der Waals surface area contributed by atoms with Gasteiger partial charge in [0.05, 0.1) is 6.54 Å². The van der Waals surface area contributed by atoms with Crippen LogP contribution in [-0.2, 0) is 16.9 Å². The molecule has 7 heteroatoms. The Balaban J connectivity index is 1.59. The van der Waals surface area contributed by atoms with Gasteiger partial charge in [-0.05, 0) is 12.5 Å². The number of rotatable bonds is 3. The second-order valence-corrected chi connectivity index (χ2v) is 5.39. The molecule has 1 aromatic carbocycles. The third-order valence-corrected chi connectivity index (χ3v) is 3.64. The van der Waals surface area contributed by atoms with E-state index < -0.39 is 11.7 Å². The first-order valence-electron chi connectivity index (χ1n) is 7.06.